The molecule has 1 atom stereocenters. The molecule has 1 N–H and O–H groups in total. The van der Waals surface area contributed by atoms with E-state index in [1.54, 1.807) is 0 Å². The van der Waals surface area contributed by atoms with E-state index in [2.05, 4.69) is 5.32 Å². The predicted octanol–water partition coefficient (Wildman–Crippen LogP) is 2.56. The number of nitrogens with one attached hydrogen (secondary N) is 1. The maximum atomic E-state index is 12.3. The minimum atomic E-state index is -1.90. The smallest absolute Gasteiger partial charge is 0.407 e. The van der Waals surface area contributed by atoms with Crippen molar-refractivity contribution in [3.8, 4) is 6.19 Å². The monoisotopic (exact) mass is 333 g/mol. The van der Waals surface area contributed by atoms with Crippen LogP contribution in [0, 0.1) is 11.5 Å². The lowest BCUT2D eigenvalue weighted by molar-refractivity contribution is -0.127. The summed E-state index contributed by atoms with van der Waals surface area (Å²) in [7, 11) is -0.461. The number of alkyl carbamates (subject to hydrolysis) is 1. The zero-order valence-electron chi connectivity index (χ0n) is 14.0. The fourth-order valence-electron chi connectivity index (χ4n) is 2.01. The molecular formula is C16H23N3O3Si. The standard InChI is InChI=1S/C16H23N3O3Si/c1-19(12-17)15(20)14(23(2,3)4)10-18-16(21)22-11-13-8-6-5-7-9-13/h5-9,14H,10-11H2,1-4H3,(H,18,21)/t14-/m1/s1. The molecule has 23 heavy (non-hydrogen) atoms. The Morgan fingerprint density at radius 2 is 1.91 bits per heavy atom. The van der Waals surface area contributed by atoms with Crippen molar-refractivity contribution in [2.24, 2.45) is 0 Å². The molecule has 0 saturated heterocycles. The fourth-order valence-corrected chi connectivity index (χ4v) is 3.66. The number of amides is 2. The van der Waals surface area contributed by atoms with Crippen molar-refractivity contribution in [3.63, 3.8) is 0 Å². The highest BCUT2D eigenvalue weighted by Gasteiger charge is 2.35. The molecule has 0 aromatic heterocycles. The summed E-state index contributed by atoms with van der Waals surface area (Å²) >= 11 is 0. The van der Waals surface area contributed by atoms with Crippen LogP contribution in [0.2, 0.25) is 25.2 Å². The van der Waals surface area contributed by atoms with E-state index in [9.17, 15) is 9.59 Å². The summed E-state index contributed by atoms with van der Waals surface area (Å²) in [6, 6.07) is 9.36. The normalized spacial score (nSPS) is 12.0. The van der Waals surface area contributed by atoms with Gasteiger partial charge in [0, 0.05) is 13.6 Å². The van der Waals surface area contributed by atoms with E-state index >= 15 is 0 Å². The second-order valence-electron chi connectivity index (χ2n) is 6.36. The first-order chi connectivity index (χ1) is 10.8. The van der Waals surface area contributed by atoms with Gasteiger partial charge in [-0.25, -0.2) is 4.79 Å². The quantitative estimate of drug-likeness (QED) is 0.493. The molecule has 0 aliphatic carbocycles. The van der Waals surface area contributed by atoms with E-state index in [1.165, 1.54) is 7.05 Å². The second kappa shape index (κ2) is 8.34. The van der Waals surface area contributed by atoms with Crippen molar-refractivity contribution in [1.82, 2.24) is 10.2 Å². The molecule has 0 radical (unpaired) electrons. The van der Waals surface area contributed by atoms with Gasteiger partial charge in [-0.15, -0.1) is 0 Å². The molecule has 0 aliphatic rings. The van der Waals surface area contributed by atoms with Crippen LogP contribution in [0.1, 0.15) is 5.56 Å². The number of hydrogen-bond donors (Lipinski definition) is 1. The highest BCUT2D eigenvalue weighted by Crippen LogP contribution is 2.23. The Kier molecular flexibility index (Phi) is 6.79. The minimum Gasteiger partial charge on any atom is -0.445 e. The average molecular weight is 333 g/mol. The number of carbonyl (C=O) groups is 2. The Bertz CT molecular complexity index is 578. The van der Waals surface area contributed by atoms with E-state index < -0.39 is 14.2 Å². The molecule has 0 unspecified atom stereocenters. The Balaban J connectivity index is 2.56. The molecule has 2 amide bonds. The number of nitrogens with zero attached hydrogens (tertiary/aromatic N) is 2. The van der Waals surface area contributed by atoms with Crippen molar-refractivity contribution < 1.29 is 14.3 Å². The van der Waals surface area contributed by atoms with Gasteiger partial charge in [-0.3, -0.25) is 9.69 Å². The lowest BCUT2D eigenvalue weighted by Gasteiger charge is -2.29. The molecule has 0 aliphatic heterocycles. The Labute approximate surface area is 138 Å². The van der Waals surface area contributed by atoms with Gasteiger partial charge in [0.05, 0.1) is 13.6 Å². The van der Waals surface area contributed by atoms with Crippen LogP contribution in [0.5, 0.6) is 0 Å². The SMILES string of the molecule is CN(C#N)C(=O)[C@@H](CNC(=O)OCc1ccccc1)[Si](C)(C)C. The topological polar surface area (TPSA) is 82.4 Å². The van der Waals surface area contributed by atoms with Crippen molar-refractivity contribution in [3.05, 3.63) is 35.9 Å². The highest BCUT2D eigenvalue weighted by atomic mass is 28.3. The zero-order valence-corrected chi connectivity index (χ0v) is 15.0. The number of benzene rings is 1. The summed E-state index contributed by atoms with van der Waals surface area (Å²) in [4.78, 5) is 25.1. The number of nitriles is 1. The maximum absolute atomic E-state index is 12.3. The Hall–Kier alpha value is -2.33. The van der Waals surface area contributed by atoms with E-state index in [-0.39, 0.29) is 24.6 Å². The third-order valence-electron chi connectivity index (χ3n) is 3.49. The van der Waals surface area contributed by atoms with Crippen molar-refractivity contribution in [1.29, 1.82) is 5.26 Å². The molecule has 0 bridgehead atoms. The lowest BCUT2D eigenvalue weighted by atomic mass is 10.2. The second-order valence-corrected chi connectivity index (χ2v) is 11.8. The molecule has 1 rings (SSSR count). The summed E-state index contributed by atoms with van der Waals surface area (Å²) in [5, 5.41) is 11.5. The predicted molar refractivity (Wildman–Crippen MR) is 90.1 cm³/mol. The molecule has 1 aromatic carbocycles. The largest absolute Gasteiger partial charge is 0.445 e. The number of hydrogen-bond acceptors (Lipinski definition) is 4. The molecule has 1 aromatic rings. The molecular weight excluding hydrogens is 310 g/mol. The number of ether oxygens (including phenoxy) is 1. The average Bonchev–Trinajstić information content (AvgIpc) is 2.51. The van der Waals surface area contributed by atoms with E-state index in [4.69, 9.17) is 10.00 Å². The van der Waals surface area contributed by atoms with Crippen LogP contribution in [-0.4, -0.2) is 38.6 Å². The van der Waals surface area contributed by atoms with Gasteiger partial charge >= 0.3 is 6.09 Å². The molecule has 0 spiro atoms. The van der Waals surface area contributed by atoms with Crippen molar-refractivity contribution in [2.75, 3.05) is 13.6 Å². The molecule has 0 saturated carbocycles. The van der Waals surface area contributed by atoms with Gasteiger partial charge in [0.1, 0.15) is 6.61 Å². The summed E-state index contributed by atoms with van der Waals surface area (Å²) in [5.74, 6) is -0.268. The lowest BCUT2D eigenvalue weighted by Crippen LogP contribution is -2.45. The van der Waals surface area contributed by atoms with Crippen molar-refractivity contribution in [2.45, 2.75) is 31.8 Å². The van der Waals surface area contributed by atoms with Gasteiger partial charge in [-0.2, -0.15) is 5.26 Å². The van der Waals surface area contributed by atoms with Crippen LogP contribution in [0.4, 0.5) is 4.79 Å². The fraction of sp³-hybridized carbons (Fsp3) is 0.438. The van der Waals surface area contributed by atoms with Gasteiger partial charge in [0.2, 0.25) is 5.91 Å². The van der Waals surface area contributed by atoms with Gasteiger partial charge in [0.15, 0.2) is 6.19 Å². The summed E-state index contributed by atoms with van der Waals surface area (Å²) in [6.07, 6.45) is 1.25. The first kappa shape index (κ1) is 18.7. The number of carbonyl (C=O) groups excluding carboxylic acids is 2. The van der Waals surface area contributed by atoms with E-state index in [0.29, 0.717) is 0 Å². The molecule has 124 valence electrons. The molecule has 7 heteroatoms. The molecule has 6 nitrogen and oxygen atoms in total. The third kappa shape index (κ3) is 6.12. The zero-order chi connectivity index (χ0) is 17.5. The van der Waals surface area contributed by atoms with Crippen LogP contribution in [0.3, 0.4) is 0 Å². The van der Waals surface area contributed by atoms with Crippen LogP contribution >= 0.6 is 0 Å². The summed E-state index contributed by atoms with van der Waals surface area (Å²) < 4.78 is 5.13. The maximum Gasteiger partial charge on any atom is 0.407 e. The van der Waals surface area contributed by atoms with E-state index in [0.717, 1.165) is 10.5 Å². The van der Waals surface area contributed by atoms with Gasteiger partial charge in [0.25, 0.3) is 0 Å². The van der Waals surface area contributed by atoms with Crippen LogP contribution in [-0.2, 0) is 16.1 Å². The first-order valence-electron chi connectivity index (χ1n) is 7.37. The van der Waals surface area contributed by atoms with Gasteiger partial charge in [-0.05, 0) is 5.56 Å². The van der Waals surface area contributed by atoms with Crippen LogP contribution in [0.25, 0.3) is 0 Å². The van der Waals surface area contributed by atoms with Crippen molar-refractivity contribution >= 4 is 20.1 Å². The molecule has 0 fully saturated rings. The number of rotatable bonds is 6. The summed E-state index contributed by atoms with van der Waals surface area (Å²) in [6.45, 7) is 6.43. The molecule has 0 heterocycles. The Morgan fingerprint density at radius 3 is 2.43 bits per heavy atom. The summed E-state index contributed by atoms with van der Waals surface area (Å²) in [5.41, 5.74) is 0.515. The van der Waals surface area contributed by atoms with Gasteiger partial charge < -0.3 is 10.1 Å². The highest BCUT2D eigenvalue weighted by molar-refractivity contribution is 6.80. The Morgan fingerprint density at radius 1 is 1.30 bits per heavy atom. The van der Waals surface area contributed by atoms with Crippen LogP contribution < -0.4 is 5.32 Å². The van der Waals surface area contributed by atoms with E-state index in [1.807, 2.05) is 56.2 Å². The van der Waals surface area contributed by atoms with Gasteiger partial charge in [-0.1, -0.05) is 50.0 Å². The third-order valence-corrected chi connectivity index (χ3v) is 6.03. The van der Waals surface area contributed by atoms with Crippen LogP contribution in [0.15, 0.2) is 30.3 Å². The minimum absolute atomic E-state index is 0.175. The first-order valence-corrected chi connectivity index (χ1v) is 10.9.